The lowest BCUT2D eigenvalue weighted by Crippen LogP contribution is -2.35. The number of hydrogen-bond donors (Lipinski definition) is 1. The van der Waals surface area contributed by atoms with Gasteiger partial charge in [0.05, 0.1) is 18.7 Å². The molecule has 7 nitrogen and oxygen atoms in total. The first kappa shape index (κ1) is 18.1. The van der Waals surface area contributed by atoms with E-state index in [9.17, 15) is 4.79 Å². The number of anilines is 1. The van der Waals surface area contributed by atoms with E-state index in [0.717, 1.165) is 67.7 Å². The minimum absolute atomic E-state index is 0.0144. The normalized spacial score (nSPS) is 17.4. The van der Waals surface area contributed by atoms with E-state index in [1.807, 2.05) is 24.5 Å². The summed E-state index contributed by atoms with van der Waals surface area (Å²) < 4.78 is 5.43. The minimum atomic E-state index is 0.0144. The van der Waals surface area contributed by atoms with E-state index in [1.54, 1.807) is 6.20 Å². The Morgan fingerprint density at radius 2 is 1.97 bits per heavy atom. The monoisotopic (exact) mass is 389 g/mol. The molecule has 1 amide bonds. The number of amides is 1. The Morgan fingerprint density at radius 3 is 2.79 bits per heavy atom. The van der Waals surface area contributed by atoms with Crippen LogP contribution in [0.2, 0.25) is 0 Å². The van der Waals surface area contributed by atoms with E-state index in [4.69, 9.17) is 4.74 Å². The summed E-state index contributed by atoms with van der Waals surface area (Å²) in [5.41, 5.74) is 4.10. The van der Waals surface area contributed by atoms with Gasteiger partial charge in [-0.05, 0) is 36.1 Å². The van der Waals surface area contributed by atoms with Crippen molar-refractivity contribution in [3.63, 3.8) is 0 Å². The van der Waals surface area contributed by atoms with Gasteiger partial charge in [0.15, 0.2) is 0 Å². The molecule has 0 unspecified atom stereocenters. The van der Waals surface area contributed by atoms with Crippen molar-refractivity contribution in [2.24, 2.45) is 5.92 Å². The number of fused-ring (bicyclic) bond motifs is 1. The zero-order valence-electron chi connectivity index (χ0n) is 16.2. The van der Waals surface area contributed by atoms with Crippen molar-refractivity contribution in [3.05, 3.63) is 48.4 Å². The van der Waals surface area contributed by atoms with Gasteiger partial charge < -0.3 is 4.74 Å². The third kappa shape index (κ3) is 4.26. The predicted octanol–water partition coefficient (Wildman–Crippen LogP) is 2.87. The van der Waals surface area contributed by atoms with Crippen molar-refractivity contribution in [1.82, 2.24) is 19.9 Å². The molecule has 1 saturated heterocycles. The van der Waals surface area contributed by atoms with Gasteiger partial charge >= 0.3 is 0 Å². The van der Waals surface area contributed by atoms with Crippen molar-refractivity contribution in [2.75, 3.05) is 31.6 Å². The molecule has 1 saturated carbocycles. The third-order valence-electron chi connectivity index (χ3n) is 5.40. The Labute approximate surface area is 169 Å². The molecule has 1 N–H and O–H groups in total. The average Bonchev–Trinajstić information content (AvgIpc) is 3.60. The molecule has 0 bridgehead atoms. The van der Waals surface area contributed by atoms with E-state index in [0.29, 0.717) is 5.95 Å². The van der Waals surface area contributed by atoms with Crippen LogP contribution in [0.15, 0.2) is 42.9 Å². The molecule has 1 aromatic carbocycles. The van der Waals surface area contributed by atoms with Gasteiger partial charge in [-0.2, -0.15) is 0 Å². The number of carbonyl (C=O) groups excluding carboxylic acids is 1. The lowest BCUT2D eigenvalue weighted by atomic mass is 10.0. The van der Waals surface area contributed by atoms with Crippen LogP contribution in [0.1, 0.15) is 18.4 Å². The van der Waals surface area contributed by atoms with Crippen LogP contribution in [0.25, 0.3) is 22.0 Å². The summed E-state index contributed by atoms with van der Waals surface area (Å²) in [4.78, 5) is 27.6. The van der Waals surface area contributed by atoms with Gasteiger partial charge in [0.25, 0.3) is 0 Å². The van der Waals surface area contributed by atoms with Crippen LogP contribution in [0.3, 0.4) is 0 Å². The lowest BCUT2D eigenvalue weighted by Gasteiger charge is -2.26. The van der Waals surface area contributed by atoms with Crippen LogP contribution in [0.5, 0.6) is 0 Å². The number of nitrogens with one attached hydrogen (secondary N) is 1. The third-order valence-corrected chi connectivity index (χ3v) is 5.40. The molecule has 0 spiro atoms. The second-order valence-corrected chi connectivity index (χ2v) is 7.70. The lowest BCUT2D eigenvalue weighted by molar-refractivity contribution is -0.117. The van der Waals surface area contributed by atoms with Crippen LogP contribution in [-0.2, 0) is 16.1 Å². The van der Waals surface area contributed by atoms with E-state index in [1.165, 1.54) is 5.56 Å². The van der Waals surface area contributed by atoms with Crippen molar-refractivity contribution in [3.8, 4) is 11.1 Å². The number of ether oxygens (including phenoxy) is 1. The summed E-state index contributed by atoms with van der Waals surface area (Å²) in [6.07, 6.45) is 7.46. The van der Waals surface area contributed by atoms with Gasteiger partial charge in [0, 0.05) is 55.1 Å². The summed E-state index contributed by atoms with van der Waals surface area (Å²) in [7, 11) is 0. The smallest absolute Gasteiger partial charge is 0.229 e. The molecule has 1 aliphatic heterocycles. The van der Waals surface area contributed by atoms with Gasteiger partial charge in [-0.1, -0.05) is 12.1 Å². The molecular weight excluding hydrogens is 366 g/mol. The van der Waals surface area contributed by atoms with Crippen LogP contribution >= 0.6 is 0 Å². The van der Waals surface area contributed by atoms with E-state index >= 15 is 0 Å². The zero-order chi connectivity index (χ0) is 19.6. The number of aromatic nitrogens is 3. The van der Waals surface area contributed by atoms with Crippen LogP contribution in [0.4, 0.5) is 5.95 Å². The predicted molar refractivity (Wildman–Crippen MR) is 110 cm³/mol. The second kappa shape index (κ2) is 7.85. The Hall–Kier alpha value is -2.90. The fraction of sp³-hybridized carbons (Fsp3) is 0.364. The van der Waals surface area contributed by atoms with Crippen LogP contribution < -0.4 is 5.32 Å². The Morgan fingerprint density at radius 1 is 1.10 bits per heavy atom. The van der Waals surface area contributed by atoms with Crippen molar-refractivity contribution < 1.29 is 9.53 Å². The molecular formula is C22H23N5O2. The highest BCUT2D eigenvalue weighted by atomic mass is 16.5. The molecule has 2 fully saturated rings. The van der Waals surface area contributed by atoms with E-state index < -0.39 is 0 Å². The fourth-order valence-corrected chi connectivity index (χ4v) is 3.57. The first-order valence-electron chi connectivity index (χ1n) is 10.1. The number of carbonyl (C=O) groups is 1. The number of pyridine rings is 1. The second-order valence-electron chi connectivity index (χ2n) is 7.70. The Bertz CT molecular complexity index is 1040. The molecule has 0 radical (unpaired) electrons. The minimum Gasteiger partial charge on any atom is -0.379 e. The van der Waals surface area contributed by atoms with Crippen LogP contribution in [-0.4, -0.2) is 52.1 Å². The Kier molecular flexibility index (Phi) is 4.91. The number of morpholine rings is 1. The van der Waals surface area contributed by atoms with Gasteiger partial charge in [-0.3, -0.25) is 20.0 Å². The summed E-state index contributed by atoms with van der Waals surface area (Å²) >= 11 is 0. The number of rotatable bonds is 5. The van der Waals surface area contributed by atoms with E-state index in [-0.39, 0.29) is 11.8 Å². The molecule has 2 aromatic heterocycles. The van der Waals surface area contributed by atoms with Gasteiger partial charge in [-0.15, -0.1) is 0 Å². The molecule has 29 heavy (non-hydrogen) atoms. The van der Waals surface area contributed by atoms with Crippen molar-refractivity contribution >= 4 is 22.8 Å². The highest BCUT2D eigenvalue weighted by Crippen LogP contribution is 2.30. The highest BCUT2D eigenvalue weighted by molar-refractivity contribution is 5.93. The summed E-state index contributed by atoms with van der Waals surface area (Å²) in [6, 6.07) is 8.27. The summed E-state index contributed by atoms with van der Waals surface area (Å²) in [5, 5.41) is 3.76. The maximum atomic E-state index is 12.0. The first-order valence-corrected chi connectivity index (χ1v) is 10.1. The molecule has 1 aliphatic carbocycles. The number of hydrogen-bond acceptors (Lipinski definition) is 6. The molecule has 2 aliphatic rings. The molecule has 0 atom stereocenters. The van der Waals surface area contributed by atoms with Gasteiger partial charge in [0.1, 0.15) is 0 Å². The van der Waals surface area contributed by atoms with Crippen molar-refractivity contribution in [1.29, 1.82) is 0 Å². The molecule has 5 rings (SSSR count). The Balaban J connectivity index is 1.38. The van der Waals surface area contributed by atoms with Gasteiger partial charge in [-0.25, -0.2) is 9.97 Å². The quantitative estimate of drug-likeness (QED) is 0.723. The SMILES string of the molecule is O=C(Nc1ncc2ccc(-c3cncc(CN4CCOCC4)c3)cc2n1)C1CC1. The van der Waals surface area contributed by atoms with Crippen LogP contribution in [0, 0.1) is 5.92 Å². The topological polar surface area (TPSA) is 80.2 Å². The largest absolute Gasteiger partial charge is 0.379 e. The van der Waals surface area contributed by atoms with Crippen molar-refractivity contribution in [2.45, 2.75) is 19.4 Å². The maximum absolute atomic E-state index is 12.0. The molecule has 3 aromatic rings. The number of nitrogens with zero attached hydrogens (tertiary/aromatic N) is 4. The number of benzene rings is 1. The molecule has 3 heterocycles. The highest BCUT2D eigenvalue weighted by Gasteiger charge is 2.30. The van der Waals surface area contributed by atoms with E-state index in [2.05, 4.69) is 37.3 Å². The first-order chi connectivity index (χ1) is 14.2. The zero-order valence-corrected chi connectivity index (χ0v) is 16.2. The standard InChI is InChI=1S/C22H23N5O2/c28-21(16-1-2-16)26-22-24-13-18-4-3-17(10-20(18)25-22)19-9-15(11-23-12-19)14-27-5-7-29-8-6-27/h3-4,9-13,16H,1-2,5-8,14H2,(H,24,25,26,28). The maximum Gasteiger partial charge on any atom is 0.229 e. The molecule has 7 heteroatoms. The molecule has 148 valence electrons. The fourth-order valence-electron chi connectivity index (χ4n) is 3.57. The average molecular weight is 389 g/mol. The summed E-state index contributed by atoms with van der Waals surface area (Å²) in [5.74, 6) is 0.507. The van der Waals surface area contributed by atoms with Gasteiger partial charge in [0.2, 0.25) is 11.9 Å². The summed E-state index contributed by atoms with van der Waals surface area (Å²) in [6.45, 7) is 4.35.